The van der Waals surface area contributed by atoms with Gasteiger partial charge in [-0.1, -0.05) is 0 Å². The van der Waals surface area contributed by atoms with E-state index in [1.54, 1.807) is 0 Å². The second-order valence-electron chi connectivity index (χ2n) is 6.80. The zero-order valence-corrected chi connectivity index (χ0v) is 13.6. The van der Waals surface area contributed by atoms with E-state index in [0.29, 0.717) is 0 Å². The summed E-state index contributed by atoms with van der Waals surface area (Å²) in [7, 11) is 1.92. The first-order valence-electron chi connectivity index (χ1n) is 8.54. The Balaban J connectivity index is 1.61. The fourth-order valence-corrected chi connectivity index (χ4v) is 3.51. The molecule has 0 unspecified atom stereocenters. The van der Waals surface area contributed by atoms with Crippen LogP contribution in [-0.4, -0.2) is 36.7 Å². The maximum absolute atomic E-state index is 13.0. The van der Waals surface area contributed by atoms with Gasteiger partial charge in [0.05, 0.1) is 6.04 Å². The molecule has 0 bridgehead atoms. The lowest BCUT2D eigenvalue weighted by atomic mass is 10.0. The molecule has 0 aromatic carbocycles. The average molecular weight is 313 g/mol. The zero-order valence-electron chi connectivity index (χ0n) is 13.6. The predicted molar refractivity (Wildman–Crippen MR) is 85.8 cm³/mol. The number of aromatic nitrogens is 4. The van der Waals surface area contributed by atoms with Gasteiger partial charge in [0, 0.05) is 26.3 Å². The lowest BCUT2D eigenvalue weighted by Crippen LogP contribution is -2.40. The number of aryl methyl sites for hydroxylation is 1. The third kappa shape index (κ3) is 2.78. The molecule has 2 fully saturated rings. The summed E-state index contributed by atoms with van der Waals surface area (Å²) >= 11 is 0. The van der Waals surface area contributed by atoms with E-state index in [1.807, 2.05) is 41.2 Å². The molecule has 2 aromatic heterocycles. The quantitative estimate of drug-likeness (QED) is 0.871. The van der Waals surface area contributed by atoms with E-state index in [0.717, 1.165) is 49.8 Å². The van der Waals surface area contributed by atoms with Crippen LogP contribution in [0.2, 0.25) is 0 Å². The first kappa shape index (κ1) is 14.5. The molecular formula is C17H23N5O. The van der Waals surface area contributed by atoms with Crippen molar-refractivity contribution < 1.29 is 4.79 Å². The largest absolute Gasteiger partial charge is 0.347 e. The van der Waals surface area contributed by atoms with E-state index in [4.69, 9.17) is 0 Å². The topological polar surface area (TPSA) is 56.0 Å². The summed E-state index contributed by atoms with van der Waals surface area (Å²) in [5, 5.41) is 8.49. The standard InChI is InChI=1S/C17H23N5O/c1-20-9-4-6-15(20)17(23)22-10-3-2-5-14(22)16-19-18-12-21(16)11-13-7-8-13/h4,6,9,12-14H,2-3,5,7-8,10-11H2,1H3/t14-/m1/s1. The molecule has 0 radical (unpaired) electrons. The second-order valence-corrected chi connectivity index (χ2v) is 6.80. The fraction of sp³-hybridized carbons (Fsp3) is 0.588. The maximum Gasteiger partial charge on any atom is 0.271 e. The van der Waals surface area contributed by atoms with Crippen LogP contribution in [0, 0.1) is 5.92 Å². The highest BCUT2D eigenvalue weighted by molar-refractivity contribution is 5.93. The van der Waals surface area contributed by atoms with Crippen molar-refractivity contribution >= 4 is 5.91 Å². The highest BCUT2D eigenvalue weighted by atomic mass is 16.2. The molecule has 122 valence electrons. The van der Waals surface area contributed by atoms with Gasteiger partial charge in [0.1, 0.15) is 12.0 Å². The van der Waals surface area contributed by atoms with Crippen LogP contribution in [0.1, 0.15) is 54.5 Å². The first-order chi connectivity index (χ1) is 11.2. The molecule has 1 aliphatic heterocycles. The lowest BCUT2D eigenvalue weighted by Gasteiger charge is -2.35. The molecule has 2 aliphatic rings. The normalized spacial score (nSPS) is 21.6. The Morgan fingerprint density at radius 1 is 1.30 bits per heavy atom. The highest BCUT2D eigenvalue weighted by Crippen LogP contribution is 2.34. The van der Waals surface area contributed by atoms with Gasteiger partial charge in [-0.25, -0.2) is 0 Å². The molecule has 23 heavy (non-hydrogen) atoms. The summed E-state index contributed by atoms with van der Waals surface area (Å²) in [5.74, 6) is 1.83. The second kappa shape index (κ2) is 5.83. The van der Waals surface area contributed by atoms with E-state index in [1.165, 1.54) is 12.8 Å². The molecular weight excluding hydrogens is 290 g/mol. The van der Waals surface area contributed by atoms with Crippen LogP contribution in [0.15, 0.2) is 24.7 Å². The third-order valence-corrected chi connectivity index (χ3v) is 5.02. The minimum Gasteiger partial charge on any atom is -0.347 e. The van der Waals surface area contributed by atoms with Gasteiger partial charge in [-0.3, -0.25) is 4.79 Å². The number of hydrogen-bond acceptors (Lipinski definition) is 3. The SMILES string of the molecule is Cn1cccc1C(=O)N1CCCC[C@@H]1c1nncn1CC1CC1. The van der Waals surface area contributed by atoms with Gasteiger partial charge in [0.25, 0.3) is 5.91 Å². The van der Waals surface area contributed by atoms with Crippen molar-refractivity contribution in [2.45, 2.75) is 44.7 Å². The van der Waals surface area contributed by atoms with Crippen LogP contribution >= 0.6 is 0 Å². The molecule has 1 aliphatic carbocycles. The van der Waals surface area contributed by atoms with Crippen LogP contribution in [0.5, 0.6) is 0 Å². The predicted octanol–water partition coefficient (Wildman–Crippen LogP) is 2.39. The molecule has 1 atom stereocenters. The van der Waals surface area contributed by atoms with Crippen molar-refractivity contribution in [1.29, 1.82) is 0 Å². The number of carbonyl (C=O) groups is 1. The van der Waals surface area contributed by atoms with Crippen molar-refractivity contribution in [3.05, 3.63) is 36.2 Å². The summed E-state index contributed by atoms with van der Waals surface area (Å²) in [6.07, 6.45) is 9.51. The van der Waals surface area contributed by atoms with Gasteiger partial charge in [-0.05, 0) is 50.2 Å². The average Bonchev–Trinajstić information content (AvgIpc) is 3.08. The molecule has 4 rings (SSSR count). The highest BCUT2D eigenvalue weighted by Gasteiger charge is 2.33. The smallest absolute Gasteiger partial charge is 0.271 e. The Bertz CT molecular complexity index is 699. The number of hydrogen-bond donors (Lipinski definition) is 0. The maximum atomic E-state index is 13.0. The molecule has 1 amide bonds. The summed E-state index contributed by atoms with van der Waals surface area (Å²) < 4.78 is 4.06. The summed E-state index contributed by atoms with van der Waals surface area (Å²) in [6, 6.07) is 3.86. The first-order valence-corrected chi connectivity index (χ1v) is 8.54. The Morgan fingerprint density at radius 3 is 2.91 bits per heavy atom. The van der Waals surface area contributed by atoms with E-state index in [2.05, 4.69) is 14.8 Å². The minimum atomic E-state index is 0.0485. The Morgan fingerprint density at radius 2 is 2.17 bits per heavy atom. The number of carbonyl (C=O) groups excluding carboxylic acids is 1. The molecule has 0 spiro atoms. The van der Waals surface area contributed by atoms with Crippen molar-refractivity contribution in [2.75, 3.05) is 6.54 Å². The number of amides is 1. The number of piperidine rings is 1. The van der Waals surface area contributed by atoms with Crippen molar-refractivity contribution in [3.63, 3.8) is 0 Å². The van der Waals surface area contributed by atoms with Crippen molar-refractivity contribution in [3.8, 4) is 0 Å². The molecule has 1 saturated carbocycles. The molecule has 6 nitrogen and oxygen atoms in total. The molecule has 2 aromatic rings. The lowest BCUT2D eigenvalue weighted by molar-refractivity contribution is 0.0584. The minimum absolute atomic E-state index is 0.0485. The van der Waals surface area contributed by atoms with Gasteiger partial charge in [-0.15, -0.1) is 10.2 Å². The van der Waals surface area contributed by atoms with E-state index in [-0.39, 0.29) is 11.9 Å². The Kier molecular flexibility index (Phi) is 3.67. The number of nitrogens with zero attached hydrogens (tertiary/aromatic N) is 5. The zero-order chi connectivity index (χ0) is 15.8. The Labute approximate surface area is 136 Å². The molecule has 0 N–H and O–H groups in total. The number of rotatable bonds is 4. The van der Waals surface area contributed by atoms with E-state index < -0.39 is 0 Å². The van der Waals surface area contributed by atoms with Crippen LogP contribution in [0.3, 0.4) is 0 Å². The summed E-state index contributed by atoms with van der Waals surface area (Å²) in [4.78, 5) is 15.0. The molecule has 1 saturated heterocycles. The van der Waals surface area contributed by atoms with Gasteiger partial charge in [0.2, 0.25) is 0 Å². The Hall–Kier alpha value is -2.11. The summed E-state index contributed by atoms with van der Waals surface area (Å²) in [6.45, 7) is 1.79. The van der Waals surface area contributed by atoms with E-state index in [9.17, 15) is 4.79 Å². The molecule has 6 heteroatoms. The van der Waals surface area contributed by atoms with Crippen LogP contribution < -0.4 is 0 Å². The van der Waals surface area contributed by atoms with Gasteiger partial charge >= 0.3 is 0 Å². The van der Waals surface area contributed by atoms with Crippen LogP contribution in [-0.2, 0) is 13.6 Å². The van der Waals surface area contributed by atoms with Crippen molar-refractivity contribution in [2.24, 2.45) is 13.0 Å². The van der Waals surface area contributed by atoms with E-state index >= 15 is 0 Å². The van der Waals surface area contributed by atoms with Gasteiger partial charge < -0.3 is 14.0 Å². The van der Waals surface area contributed by atoms with Crippen molar-refractivity contribution in [1.82, 2.24) is 24.2 Å². The summed E-state index contributed by atoms with van der Waals surface area (Å²) in [5.41, 5.74) is 0.741. The third-order valence-electron chi connectivity index (χ3n) is 5.02. The monoisotopic (exact) mass is 313 g/mol. The molecule has 3 heterocycles. The van der Waals surface area contributed by atoms with Crippen LogP contribution in [0.25, 0.3) is 0 Å². The number of likely N-dealkylation sites (tertiary alicyclic amines) is 1. The fourth-order valence-electron chi connectivity index (χ4n) is 3.51. The van der Waals surface area contributed by atoms with Gasteiger partial charge in [-0.2, -0.15) is 0 Å². The van der Waals surface area contributed by atoms with Crippen LogP contribution in [0.4, 0.5) is 0 Å². The van der Waals surface area contributed by atoms with Gasteiger partial charge in [0.15, 0.2) is 5.82 Å².